The van der Waals surface area contributed by atoms with Crippen molar-refractivity contribution in [3.05, 3.63) is 63.4 Å². The summed E-state index contributed by atoms with van der Waals surface area (Å²) in [7, 11) is -1.55. The first-order valence-corrected chi connectivity index (χ1v) is 16.6. The molecule has 2 heterocycles. The molecule has 1 saturated heterocycles. The van der Waals surface area contributed by atoms with Gasteiger partial charge in [-0.3, -0.25) is 0 Å². The molecule has 0 radical (unpaired) electrons. The van der Waals surface area contributed by atoms with Crippen LogP contribution < -0.4 is 14.9 Å². The quantitative estimate of drug-likeness (QED) is 0.0832. The number of halogens is 1. The van der Waals surface area contributed by atoms with Crippen LogP contribution in [-0.2, 0) is 17.4 Å². The van der Waals surface area contributed by atoms with Crippen LogP contribution in [0.4, 0.5) is 0 Å². The Kier molecular flexibility index (Phi) is 15.5. The van der Waals surface area contributed by atoms with Crippen LogP contribution in [0, 0.1) is 11.3 Å². The van der Waals surface area contributed by atoms with Crippen molar-refractivity contribution in [1.82, 2.24) is 14.2 Å². The molecule has 0 aliphatic carbocycles. The second-order valence-corrected chi connectivity index (χ2v) is 14.1. The summed E-state index contributed by atoms with van der Waals surface area (Å²) in [6, 6.07) is 14.0. The van der Waals surface area contributed by atoms with Crippen molar-refractivity contribution in [2.45, 2.75) is 68.9 Å². The van der Waals surface area contributed by atoms with E-state index in [1.165, 1.54) is 20.4 Å². The number of benzene rings is 1. The zero-order chi connectivity index (χ0) is 28.1. The SMILES string of the molecule is CC(C)N(C(C)C)P(O)OCCC#N.O=c1ccn(C2OC(COOI)CC2[Te]c2ccccc2)c(=O)[nH]1. The molecule has 0 saturated carbocycles. The molecule has 0 bridgehead atoms. The third-order valence-corrected chi connectivity index (χ3v) is 10.9. The van der Waals surface area contributed by atoms with Gasteiger partial charge >= 0.3 is 163 Å². The minimum atomic E-state index is -1.55. The molecule has 1 aliphatic rings. The van der Waals surface area contributed by atoms with Gasteiger partial charge in [0.15, 0.2) is 0 Å². The minimum absolute atomic E-state index is 0.151. The van der Waals surface area contributed by atoms with Gasteiger partial charge < -0.3 is 9.42 Å². The fourth-order valence-electron chi connectivity index (χ4n) is 3.81. The fourth-order valence-corrected chi connectivity index (χ4v) is 8.80. The van der Waals surface area contributed by atoms with Gasteiger partial charge in [0, 0.05) is 12.1 Å². The molecule has 4 atom stereocenters. The van der Waals surface area contributed by atoms with Crippen LogP contribution in [-0.4, -0.2) is 71.4 Å². The molecule has 14 heteroatoms. The van der Waals surface area contributed by atoms with Crippen LogP contribution in [0.2, 0.25) is 3.97 Å². The third-order valence-electron chi connectivity index (χ3n) is 5.28. The molecule has 1 aromatic heterocycles. The molecule has 0 spiro atoms. The summed E-state index contributed by atoms with van der Waals surface area (Å²) in [5, 5.41) is 8.32. The average Bonchev–Trinajstić information content (AvgIpc) is 3.25. The van der Waals surface area contributed by atoms with E-state index in [4.69, 9.17) is 19.4 Å². The van der Waals surface area contributed by atoms with E-state index < -0.39 is 46.9 Å². The number of hydrogen-bond donors (Lipinski definition) is 2. The number of aromatic amines is 1. The second kappa shape index (κ2) is 17.7. The summed E-state index contributed by atoms with van der Waals surface area (Å²) in [5.74, 6) is 0. The van der Waals surface area contributed by atoms with Crippen molar-refractivity contribution in [2.24, 2.45) is 0 Å². The molecule has 11 nitrogen and oxygen atoms in total. The Morgan fingerprint density at radius 3 is 2.53 bits per heavy atom. The van der Waals surface area contributed by atoms with Crippen molar-refractivity contribution in [2.75, 3.05) is 13.2 Å². The first-order chi connectivity index (χ1) is 18.2. The molecule has 1 aromatic carbocycles. The van der Waals surface area contributed by atoms with Crippen LogP contribution in [0.3, 0.4) is 0 Å². The zero-order valence-corrected chi connectivity index (χ0v) is 27.1. The van der Waals surface area contributed by atoms with Crippen LogP contribution >= 0.6 is 31.5 Å². The summed E-state index contributed by atoms with van der Waals surface area (Å²) < 4.78 is 20.7. The van der Waals surface area contributed by atoms with Crippen LogP contribution in [0.1, 0.15) is 46.8 Å². The Balaban J connectivity index is 0.000000312. The Hall–Kier alpha value is -0.900. The van der Waals surface area contributed by atoms with Crippen LogP contribution in [0.15, 0.2) is 52.2 Å². The number of nitrogens with zero attached hydrogens (tertiary/aromatic N) is 3. The molecule has 2 aromatic rings. The van der Waals surface area contributed by atoms with Crippen LogP contribution in [0.5, 0.6) is 0 Å². The summed E-state index contributed by atoms with van der Waals surface area (Å²) >= 11 is 1.07. The molecular weight excluding hydrogens is 742 g/mol. The van der Waals surface area contributed by atoms with E-state index in [2.05, 4.69) is 20.3 Å². The molecule has 0 amide bonds. The molecule has 2 N–H and O–H groups in total. The molecular formula is C24H34IN4O7PTe. The summed E-state index contributed by atoms with van der Waals surface area (Å²) in [4.78, 5) is 40.4. The average molecular weight is 776 g/mol. The Bertz CT molecular complexity index is 1110. The van der Waals surface area contributed by atoms with Gasteiger partial charge in [-0.05, 0) is 27.7 Å². The number of nitrogens with one attached hydrogen (secondary N) is 1. The summed E-state index contributed by atoms with van der Waals surface area (Å²) in [5.41, 5.74) is -0.867. The van der Waals surface area contributed by atoms with Crippen molar-refractivity contribution in [3.8, 4) is 6.07 Å². The standard InChI is InChI=1S/C15H15IN2O5Te.C9H19N2O2P/c16-23-21-9-10-8-12(24-11-4-2-1-3-5-11)14(22-10)18-7-6-13(19)17-15(18)20;1-8(2)11(9(3)4)14(12)13-7-5-6-10/h1-7,10,12,14H,8-9H2,(H,17,19,20);8-9,12H,5,7H2,1-4H3. The van der Waals surface area contributed by atoms with Gasteiger partial charge in [-0.15, -0.1) is 0 Å². The first-order valence-electron chi connectivity index (χ1n) is 12.0. The van der Waals surface area contributed by atoms with Gasteiger partial charge in [-0.25, -0.2) is 4.67 Å². The maximum atomic E-state index is 12.1. The Morgan fingerprint density at radius 2 is 1.95 bits per heavy atom. The van der Waals surface area contributed by atoms with E-state index in [0.29, 0.717) is 19.6 Å². The van der Waals surface area contributed by atoms with Gasteiger partial charge in [0.1, 0.15) is 0 Å². The molecule has 1 aliphatic heterocycles. The Labute approximate surface area is 248 Å². The number of rotatable bonds is 12. The van der Waals surface area contributed by atoms with E-state index in [0.717, 1.165) is 6.42 Å². The predicted octanol–water partition coefficient (Wildman–Crippen LogP) is 3.20. The van der Waals surface area contributed by atoms with E-state index in [1.807, 2.05) is 56.6 Å². The molecule has 1 fully saturated rings. The predicted molar refractivity (Wildman–Crippen MR) is 154 cm³/mol. The van der Waals surface area contributed by atoms with Crippen molar-refractivity contribution >= 4 is 56.1 Å². The number of H-pyrrole nitrogens is 1. The van der Waals surface area contributed by atoms with Crippen LogP contribution in [0.25, 0.3) is 0 Å². The Morgan fingerprint density at radius 1 is 1.26 bits per heavy atom. The second-order valence-electron chi connectivity index (χ2n) is 8.78. The molecule has 38 heavy (non-hydrogen) atoms. The van der Waals surface area contributed by atoms with Crippen molar-refractivity contribution < 1.29 is 22.3 Å². The third kappa shape index (κ3) is 10.9. The number of aromatic nitrogens is 2. The summed E-state index contributed by atoms with van der Waals surface area (Å²) in [6.45, 7) is 8.65. The number of hydrogen-bond acceptors (Lipinski definition) is 9. The van der Waals surface area contributed by atoms with Gasteiger partial charge in [0.25, 0.3) is 8.53 Å². The topological polar surface area (TPSA) is 139 Å². The van der Waals surface area contributed by atoms with Gasteiger partial charge in [-0.2, -0.15) is 5.26 Å². The zero-order valence-electron chi connectivity index (χ0n) is 21.7. The van der Waals surface area contributed by atoms with E-state index in [1.54, 1.807) is 23.0 Å². The van der Waals surface area contributed by atoms with E-state index >= 15 is 0 Å². The van der Waals surface area contributed by atoms with E-state index in [-0.39, 0.29) is 22.2 Å². The van der Waals surface area contributed by atoms with Crippen molar-refractivity contribution in [1.29, 1.82) is 5.26 Å². The van der Waals surface area contributed by atoms with Gasteiger partial charge in [0.2, 0.25) is 0 Å². The maximum absolute atomic E-state index is 12.1. The monoisotopic (exact) mass is 778 g/mol. The molecule has 3 rings (SSSR count). The van der Waals surface area contributed by atoms with Gasteiger partial charge in [-0.1, -0.05) is 0 Å². The molecule has 4 unspecified atom stereocenters. The van der Waals surface area contributed by atoms with Gasteiger partial charge in [0.05, 0.1) is 19.1 Å². The normalized spacial score (nSPS) is 19.8. The molecule has 210 valence electrons. The summed E-state index contributed by atoms with van der Waals surface area (Å²) in [6.07, 6.45) is 2.05. The number of nitriles is 1. The number of ether oxygens (including phenoxy) is 1. The van der Waals surface area contributed by atoms with Crippen molar-refractivity contribution in [3.63, 3.8) is 0 Å². The van der Waals surface area contributed by atoms with E-state index in [9.17, 15) is 14.5 Å². The fraction of sp³-hybridized carbons (Fsp3) is 0.542. The first kappa shape index (κ1) is 33.3.